The molecule has 6 aromatic rings. The maximum absolute atomic E-state index is 2.42. The third kappa shape index (κ3) is 5.69. The maximum Gasteiger partial charge on any atom is 0.0366 e. The van der Waals surface area contributed by atoms with Crippen LogP contribution in [0, 0.1) is 0 Å². The van der Waals surface area contributed by atoms with Gasteiger partial charge in [0.1, 0.15) is 0 Å². The van der Waals surface area contributed by atoms with E-state index in [-0.39, 0.29) is 11.8 Å². The van der Waals surface area contributed by atoms with E-state index in [0.29, 0.717) is 0 Å². The second-order valence-electron chi connectivity index (χ2n) is 11.6. The van der Waals surface area contributed by atoms with Crippen LogP contribution < -0.4 is 9.80 Å². The summed E-state index contributed by atoms with van der Waals surface area (Å²) < 4.78 is 0. The zero-order chi connectivity index (χ0) is 30.5. The molecule has 0 aliphatic carbocycles. The monoisotopic (exact) mass is 576 g/mol. The molecule has 0 amide bonds. The predicted molar refractivity (Wildman–Crippen MR) is 192 cm³/mol. The molecule has 0 saturated heterocycles. The van der Waals surface area contributed by atoms with Crippen molar-refractivity contribution in [1.29, 1.82) is 0 Å². The first-order valence-electron chi connectivity index (χ1n) is 16.3. The molecule has 0 radical (unpaired) electrons. The summed E-state index contributed by atoms with van der Waals surface area (Å²) in [6.45, 7) is 12.9. The van der Waals surface area contributed by atoms with Crippen molar-refractivity contribution in [3.8, 4) is 0 Å². The van der Waals surface area contributed by atoms with Crippen LogP contribution in [0.1, 0.15) is 61.8 Å². The van der Waals surface area contributed by atoms with Gasteiger partial charge in [-0.3, -0.25) is 0 Å². The van der Waals surface area contributed by atoms with Gasteiger partial charge in [-0.25, -0.2) is 0 Å². The SMILES string of the molecule is CCN(CC)c1ccc(C(c2ccc(N(CC)CC)cc2)C(c2cccc3ccccc23)c2cccc3ccccc23)cc1. The Labute approximate surface area is 263 Å². The smallest absolute Gasteiger partial charge is 0.0366 e. The van der Waals surface area contributed by atoms with Crippen molar-refractivity contribution >= 4 is 32.9 Å². The molecule has 0 aromatic heterocycles. The van der Waals surface area contributed by atoms with Crippen LogP contribution in [0.25, 0.3) is 21.5 Å². The Morgan fingerprint density at radius 1 is 0.386 bits per heavy atom. The zero-order valence-electron chi connectivity index (χ0n) is 26.6. The van der Waals surface area contributed by atoms with Crippen molar-refractivity contribution in [2.75, 3.05) is 36.0 Å². The maximum atomic E-state index is 2.42. The van der Waals surface area contributed by atoms with Crippen LogP contribution in [0.4, 0.5) is 11.4 Å². The predicted octanol–water partition coefficient (Wildman–Crippen LogP) is 10.6. The lowest BCUT2D eigenvalue weighted by Crippen LogP contribution is -2.22. The van der Waals surface area contributed by atoms with E-state index in [9.17, 15) is 0 Å². The first-order valence-corrected chi connectivity index (χ1v) is 16.3. The van der Waals surface area contributed by atoms with E-state index in [1.165, 1.54) is 55.2 Å². The molecule has 0 atom stereocenters. The van der Waals surface area contributed by atoms with Gasteiger partial charge < -0.3 is 9.80 Å². The fourth-order valence-corrected chi connectivity index (χ4v) is 7.11. The molecule has 0 unspecified atom stereocenters. The van der Waals surface area contributed by atoms with Gasteiger partial charge in [0.2, 0.25) is 0 Å². The molecule has 6 rings (SSSR count). The number of anilines is 2. The Balaban J connectivity index is 1.63. The Morgan fingerprint density at radius 2 is 0.750 bits per heavy atom. The molecule has 0 heterocycles. The molecule has 0 saturated carbocycles. The number of hydrogen-bond donors (Lipinski definition) is 0. The molecule has 0 aliphatic rings. The first kappa shape index (κ1) is 29.5. The molecule has 0 bridgehead atoms. The standard InChI is InChI=1S/C42H44N2/c1-5-43(6-2)35-27-23-33(24-28-35)41(34-25-29-36(30-26-34)44(7-3)8-4)42(39-21-13-17-31-15-9-11-19-37(31)39)40-22-14-18-32-16-10-12-20-38(32)40/h9-30,41-42H,5-8H2,1-4H3. The third-order valence-corrected chi connectivity index (χ3v) is 9.41. The molecular formula is C42H44N2. The van der Waals surface area contributed by atoms with Crippen LogP contribution in [0.2, 0.25) is 0 Å². The second kappa shape index (κ2) is 13.4. The highest BCUT2D eigenvalue weighted by Gasteiger charge is 2.31. The third-order valence-electron chi connectivity index (χ3n) is 9.41. The number of nitrogens with zero attached hydrogens (tertiary/aromatic N) is 2. The summed E-state index contributed by atoms with van der Waals surface area (Å²) >= 11 is 0. The van der Waals surface area contributed by atoms with Gasteiger partial charge in [0.15, 0.2) is 0 Å². The summed E-state index contributed by atoms with van der Waals surface area (Å²) in [4.78, 5) is 4.84. The first-order chi connectivity index (χ1) is 21.7. The number of hydrogen-bond acceptors (Lipinski definition) is 2. The average molecular weight is 577 g/mol. The topological polar surface area (TPSA) is 6.48 Å². The van der Waals surface area contributed by atoms with Gasteiger partial charge in [0.25, 0.3) is 0 Å². The molecule has 0 N–H and O–H groups in total. The lowest BCUT2D eigenvalue weighted by Gasteiger charge is -2.32. The Morgan fingerprint density at radius 3 is 1.14 bits per heavy atom. The lowest BCUT2D eigenvalue weighted by molar-refractivity contribution is 0.702. The minimum Gasteiger partial charge on any atom is -0.372 e. The van der Waals surface area contributed by atoms with Crippen LogP contribution in [0.5, 0.6) is 0 Å². The summed E-state index contributed by atoms with van der Waals surface area (Å²) in [6.07, 6.45) is 0. The van der Waals surface area contributed by atoms with Crippen LogP contribution >= 0.6 is 0 Å². The van der Waals surface area contributed by atoms with E-state index >= 15 is 0 Å². The molecule has 44 heavy (non-hydrogen) atoms. The normalized spacial score (nSPS) is 11.5. The van der Waals surface area contributed by atoms with Crippen LogP contribution in [-0.2, 0) is 0 Å². The van der Waals surface area contributed by atoms with Gasteiger partial charge in [0, 0.05) is 49.4 Å². The van der Waals surface area contributed by atoms with E-state index < -0.39 is 0 Å². The van der Waals surface area contributed by atoms with Gasteiger partial charge >= 0.3 is 0 Å². The molecule has 222 valence electrons. The molecule has 0 spiro atoms. The second-order valence-corrected chi connectivity index (χ2v) is 11.6. The van der Waals surface area contributed by atoms with Gasteiger partial charge in [0.05, 0.1) is 0 Å². The summed E-state index contributed by atoms with van der Waals surface area (Å²) in [5.41, 5.74) is 7.96. The summed E-state index contributed by atoms with van der Waals surface area (Å²) in [5, 5.41) is 5.19. The summed E-state index contributed by atoms with van der Waals surface area (Å²) in [7, 11) is 0. The van der Waals surface area contributed by atoms with Crippen molar-refractivity contribution in [3.05, 3.63) is 156 Å². The highest BCUT2D eigenvalue weighted by atomic mass is 15.1. The fourth-order valence-electron chi connectivity index (χ4n) is 7.11. The number of fused-ring (bicyclic) bond motifs is 2. The van der Waals surface area contributed by atoms with E-state index in [0.717, 1.165) is 26.2 Å². The van der Waals surface area contributed by atoms with Crippen LogP contribution in [-0.4, -0.2) is 26.2 Å². The molecule has 2 nitrogen and oxygen atoms in total. The highest BCUT2D eigenvalue weighted by molar-refractivity contribution is 5.90. The van der Waals surface area contributed by atoms with Crippen LogP contribution in [0.3, 0.4) is 0 Å². The Kier molecular flexibility index (Phi) is 8.98. The van der Waals surface area contributed by atoms with Gasteiger partial charge in [-0.05, 0) is 95.8 Å². The van der Waals surface area contributed by atoms with Crippen molar-refractivity contribution in [1.82, 2.24) is 0 Å². The van der Waals surface area contributed by atoms with Crippen molar-refractivity contribution in [3.63, 3.8) is 0 Å². The molecular weight excluding hydrogens is 532 g/mol. The number of rotatable bonds is 11. The minimum atomic E-state index is 0.103. The van der Waals surface area contributed by atoms with Gasteiger partial charge in [-0.2, -0.15) is 0 Å². The van der Waals surface area contributed by atoms with E-state index in [2.05, 4.69) is 171 Å². The summed E-state index contributed by atoms with van der Waals surface area (Å²) in [6, 6.07) is 50.2. The average Bonchev–Trinajstić information content (AvgIpc) is 3.09. The van der Waals surface area contributed by atoms with Crippen molar-refractivity contribution in [2.24, 2.45) is 0 Å². The highest BCUT2D eigenvalue weighted by Crippen LogP contribution is 2.47. The Bertz CT molecular complexity index is 1670. The minimum absolute atomic E-state index is 0.103. The molecule has 6 aromatic carbocycles. The van der Waals surface area contributed by atoms with E-state index in [1.54, 1.807) is 0 Å². The summed E-state index contributed by atoms with van der Waals surface area (Å²) in [5.74, 6) is 0.217. The molecule has 2 heteroatoms. The van der Waals surface area contributed by atoms with Crippen molar-refractivity contribution < 1.29 is 0 Å². The fraction of sp³-hybridized carbons (Fsp3) is 0.238. The van der Waals surface area contributed by atoms with Crippen molar-refractivity contribution in [2.45, 2.75) is 39.5 Å². The van der Waals surface area contributed by atoms with Crippen LogP contribution in [0.15, 0.2) is 133 Å². The van der Waals surface area contributed by atoms with E-state index in [1.807, 2.05) is 0 Å². The van der Waals surface area contributed by atoms with E-state index in [4.69, 9.17) is 0 Å². The quantitative estimate of drug-likeness (QED) is 0.151. The number of benzene rings is 6. The Hall–Kier alpha value is -4.56. The largest absolute Gasteiger partial charge is 0.372 e. The molecule has 0 fully saturated rings. The molecule has 0 aliphatic heterocycles. The van der Waals surface area contributed by atoms with Gasteiger partial charge in [-0.15, -0.1) is 0 Å². The zero-order valence-corrected chi connectivity index (χ0v) is 26.6. The van der Waals surface area contributed by atoms with Gasteiger partial charge in [-0.1, -0.05) is 109 Å². The lowest BCUT2D eigenvalue weighted by atomic mass is 9.71.